The Kier molecular flexibility index (Phi) is 6.47. The molecular formula is C21H22N8OS2. The summed E-state index contributed by atoms with van der Waals surface area (Å²) >= 11 is 2.73. The molecule has 3 heterocycles. The third-order valence-corrected chi connectivity index (χ3v) is 6.27. The van der Waals surface area contributed by atoms with Gasteiger partial charge in [0.2, 0.25) is 11.0 Å². The van der Waals surface area contributed by atoms with Gasteiger partial charge in [0.1, 0.15) is 5.82 Å². The molecule has 0 fully saturated rings. The van der Waals surface area contributed by atoms with E-state index in [0.717, 1.165) is 22.8 Å². The maximum atomic E-state index is 12.6. The Bertz CT molecular complexity index is 1230. The third kappa shape index (κ3) is 5.48. The summed E-state index contributed by atoms with van der Waals surface area (Å²) < 4.78 is 2.25. The summed E-state index contributed by atoms with van der Waals surface area (Å²) in [6.07, 6.45) is 0. The van der Waals surface area contributed by atoms with Crippen LogP contribution in [0, 0.1) is 27.7 Å². The minimum Gasteiger partial charge on any atom is -0.330 e. The topological polar surface area (TPSA) is 111 Å². The highest BCUT2D eigenvalue weighted by Crippen LogP contribution is 2.28. The Balaban J connectivity index is 1.38. The van der Waals surface area contributed by atoms with Crippen LogP contribution in [0.15, 0.2) is 40.7 Å². The first-order chi connectivity index (χ1) is 15.4. The first kappa shape index (κ1) is 21.9. The summed E-state index contributed by atoms with van der Waals surface area (Å²) in [4.78, 5) is 21.4. The van der Waals surface area contributed by atoms with Crippen molar-refractivity contribution in [3.63, 3.8) is 0 Å². The lowest BCUT2D eigenvalue weighted by molar-refractivity contribution is -0.113. The van der Waals surface area contributed by atoms with Gasteiger partial charge in [0.25, 0.3) is 5.95 Å². The highest BCUT2D eigenvalue weighted by molar-refractivity contribution is 8.01. The zero-order valence-corrected chi connectivity index (χ0v) is 19.7. The van der Waals surface area contributed by atoms with Crippen LogP contribution in [-0.4, -0.2) is 41.6 Å². The van der Waals surface area contributed by atoms with Crippen LogP contribution in [0.25, 0.3) is 5.95 Å². The van der Waals surface area contributed by atoms with E-state index >= 15 is 0 Å². The number of rotatable bonds is 7. The third-order valence-electron chi connectivity index (χ3n) is 4.29. The Labute approximate surface area is 193 Å². The van der Waals surface area contributed by atoms with Crippen molar-refractivity contribution >= 4 is 45.6 Å². The van der Waals surface area contributed by atoms with Crippen molar-refractivity contribution in [2.24, 2.45) is 0 Å². The second kappa shape index (κ2) is 9.45. The van der Waals surface area contributed by atoms with Crippen LogP contribution < -0.4 is 10.6 Å². The molecule has 2 N–H and O–H groups in total. The van der Waals surface area contributed by atoms with Crippen molar-refractivity contribution < 1.29 is 4.79 Å². The standard InChI is InChI=1S/C21H22N8OS2/c1-12-5-7-16(8-6-12)24-20-26-27-21(32-20)31-11-18(30)25-17-10-15(4)28-29(17)19-22-13(2)9-14(3)23-19/h5-10H,11H2,1-4H3,(H,24,26)(H,25,30). The number of anilines is 3. The molecule has 4 aromatic rings. The van der Waals surface area contributed by atoms with Gasteiger partial charge in [0.15, 0.2) is 4.34 Å². The van der Waals surface area contributed by atoms with Crippen LogP contribution in [-0.2, 0) is 4.79 Å². The van der Waals surface area contributed by atoms with E-state index in [0.29, 0.717) is 21.2 Å². The summed E-state index contributed by atoms with van der Waals surface area (Å²) in [5.41, 5.74) is 4.56. The number of nitrogens with zero attached hydrogens (tertiary/aromatic N) is 6. The van der Waals surface area contributed by atoms with Gasteiger partial charge in [-0.05, 0) is 45.9 Å². The molecule has 0 saturated heterocycles. The van der Waals surface area contributed by atoms with Gasteiger partial charge in [-0.2, -0.15) is 9.78 Å². The Hall–Kier alpha value is -3.31. The van der Waals surface area contributed by atoms with Gasteiger partial charge >= 0.3 is 0 Å². The maximum Gasteiger partial charge on any atom is 0.252 e. The van der Waals surface area contributed by atoms with E-state index in [4.69, 9.17) is 0 Å². The predicted octanol–water partition coefficient (Wildman–Crippen LogP) is 4.22. The molecule has 0 spiro atoms. The maximum absolute atomic E-state index is 12.6. The molecule has 4 rings (SSSR count). The average Bonchev–Trinajstić information content (AvgIpc) is 3.33. The summed E-state index contributed by atoms with van der Waals surface area (Å²) in [6.45, 7) is 7.69. The molecule has 32 heavy (non-hydrogen) atoms. The van der Waals surface area contributed by atoms with E-state index in [1.807, 2.05) is 58.0 Å². The summed E-state index contributed by atoms with van der Waals surface area (Å²) in [7, 11) is 0. The fourth-order valence-corrected chi connectivity index (χ4v) is 4.50. The molecular weight excluding hydrogens is 444 g/mol. The van der Waals surface area contributed by atoms with Crippen LogP contribution in [0.5, 0.6) is 0 Å². The lowest BCUT2D eigenvalue weighted by Gasteiger charge is -2.08. The normalized spacial score (nSPS) is 10.9. The monoisotopic (exact) mass is 466 g/mol. The number of benzene rings is 1. The lowest BCUT2D eigenvalue weighted by atomic mass is 10.2. The molecule has 0 atom stereocenters. The van der Waals surface area contributed by atoms with Crippen molar-refractivity contribution in [2.75, 3.05) is 16.4 Å². The Morgan fingerprint density at radius 2 is 1.72 bits per heavy atom. The Morgan fingerprint density at radius 1 is 1.00 bits per heavy atom. The quantitative estimate of drug-likeness (QED) is 0.390. The molecule has 0 radical (unpaired) electrons. The highest BCUT2D eigenvalue weighted by Gasteiger charge is 2.15. The number of hydrogen-bond donors (Lipinski definition) is 2. The van der Waals surface area contributed by atoms with Crippen molar-refractivity contribution in [2.45, 2.75) is 32.0 Å². The second-order valence-corrected chi connectivity index (χ2v) is 9.43. The van der Waals surface area contributed by atoms with Crippen LogP contribution in [0.1, 0.15) is 22.6 Å². The number of carbonyl (C=O) groups excluding carboxylic acids is 1. The molecule has 9 nitrogen and oxygen atoms in total. The fourth-order valence-electron chi connectivity index (χ4n) is 2.93. The van der Waals surface area contributed by atoms with Crippen molar-refractivity contribution in [1.82, 2.24) is 29.9 Å². The number of amides is 1. The number of nitrogens with one attached hydrogen (secondary N) is 2. The zero-order valence-electron chi connectivity index (χ0n) is 18.1. The SMILES string of the molecule is Cc1ccc(Nc2nnc(SCC(=O)Nc3cc(C)nn3-c3nc(C)cc(C)n3)s2)cc1. The molecule has 0 unspecified atom stereocenters. The van der Waals surface area contributed by atoms with Crippen molar-refractivity contribution in [1.29, 1.82) is 0 Å². The van der Waals surface area contributed by atoms with Crippen molar-refractivity contribution in [3.05, 3.63) is 59.0 Å². The van der Waals surface area contributed by atoms with Gasteiger partial charge in [-0.25, -0.2) is 9.97 Å². The number of hydrogen-bond acceptors (Lipinski definition) is 9. The number of thioether (sulfide) groups is 1. The molecule has 3 aromatic heterocycles. The molecule has 0 bridgehead atoms. The molecule has 0 aliphatic heterocycles. The Morgan fingerprint density at radius 3 is 2.44 bits per heavy atom. The zero-order chi connectivity index (χ0) is 22.7. The van der Waals surface area contributed by atoms with Gasteiger partial charge in [-0.15, -0.1) is 10.2 Å². The van der Waals surface area contributed by atoms with Gasteiger partial charge in [0, 0.05) is 23.1 Å². The van der Waals surface area contributed by atoms with E-state index in [1.54, 1.807) is 10.7 Å². The molecule has 164 valence electrons. The number of carbonyl (C=O) groups is 1. The van der Waals surface area contributed by atoms with Crippen LogP contribution in [0.3, 0.4) is 0 Å². The van der Waals surface area contributed by atoms with Crippen LogP contribution in [0.2, 0.25) is 0 Å². The lowest BCUT2D eigenvalue weighted by Crippen LogP contribution is -2.18. The second-order valence-electron chi connectivity index (χ2n) is 7.23. The smallest absolute Gasteiger partial charge is 0.252 e. The van der Waals surface area contributed by atoms with Crippen LogP contribution in [0.4, 0.5) is 16.6 Å². The van der Waals surface area contributed by atoms with E-state index in [-0.39, 0.29) is 11.7 Å². The molecule has 0 saturated carbocycles. The average molecular weight is 467 g/mol. The first-order valence-corrected chi connectivity index (χ1v) is 11.6. The molecule has 11 heteroatoms. The van der Waals surface area contributed by atoms with E-state index < -0.39 is 0 Å². The van der Waals surface area contributed by atoms with E-state index in [2.05, 4.69) is 35.9 Å². The minimum absolute atomic E-state index is 0.177. The number of aromatic nitrogens is 6. The van der Waals surface area contributed by atoms with Crippen LogP contribution >= 0.6 is 23.1 Å². The van der Waals surface area contributed by atoms with Gasteiger partial charge in [-0.1, -0.05) is 40.8 Å². The predicted molar refractivity (Wildman–Crippen MR) is 127 cm³/mol. The first-order valence-electron chi connectivity index (χ1n) is 9.85. The van der Waals surface area contributed by atoms with Gasteiger partial charge < -0.3 is 10.6 Å². The fraction of sp³-hybridized carbons (Fsp3) is 0.238. The largest absolute Gasteiger partial charge is 0.330 e. The molecule has 1 aromatic carbocycles. The molecule has 0 aliphatic carbocycles. The highest BCUT2D eigenvalue weighted by atomic mass is 32.2. The summed E-state index contributed by atoms with van der Waals surface area (Å²) in [6, 6.07) is 11.7. The van der Waals surface area contributed by atoms with Gasteiger partial charge in [-0.3, -0.25) is 4.79 Å². The van der Waals surface area contributed by atoms with Gasteiger partial charge in [0.05, 0.1) is 11.4 Å². The molecule has 1 amide bonds. The van der Waals surface area contributed by atoms with E-state index in [9.17, 15) is 4.79 Å². The van der Waals surface area contributed by atoms with Crippen molar-refractivity contribution in [3.8, 4) is 5.95 Å². The summed E-state index contributed by atoms with van der Waals surface area (Å²) in [5, 5.41) is 19.5. The molecule has 0 aliphatic rings. The number of aryl methyl sites for hydroxylation is 4. The van der Waals surface area contributed by atoms with E-state index in [1.165, 1.54) is 28.7 Å². The minimum atomic E-state index is -0.177. The summed E-state index contributed by atoms with van der Waals surface area (Å²) in [5.74, 6) is 0.965.